The monoisotopic (exact) mass is 550 g/mol. The maximum atomic E-state index is 13.1. The highest BCUT2D eigenvalue weighted by Crippen LogP contribution is 2.27. The normalized spacial score (nSPS) is 14.2. The Morgan fingerprint density at radius 1 is 0.939 bits per heavy atom. The highest BCUT2D eigenvalue weighted by atomic mass is 79.9. The van der Waals surface area contributed by atoms with Crippen molar-refractivity contribution in [2.45, 2.75) is 38.1 Å². The van der Waals surface area contributed by atoms with Crippen molar-refractivity contribution in [1.29, 1.82) is 0 Å². The number of halogens is 3. The average Bonchev–Trinajstić information content (AvgIpc) is 3.13. The Labute approximate surface area is 208 Å². The third-order valence-electron chi connectivity index (χ3n) is 5.54. The fraction of sp³-hybridized carbons (Fsp3) is 0.261. The third kappa shape index (κ3) is 5.51. The van der Waals surface area contributed by atoms with Crippen molar-refractivity contribution >= 4 is 73.4 Å². The molecule has 0 aliphatic heterocycles. The molecule has 10 heteroatoms. The number of aromatic nitrogens is 1. The summed E-state index contributed by atoms with van der Waals surface area (Å²) in [6.07, 6.45) is 4.91. The number of hydrogen-bond donors (Lipinski definition) is 3. The highest BCUT2D eigenvalue weighted by molar-refractivity contribution is 9.10. The van der Waals surface area contributed by atoms with Gasteiger partial charge < -0.3 is 10.6 Å². The number of amides is 3. The SMILES string of the molecule is O=C(NC1CCCCC1)C(=O)Nn1c(C(=O)Nc2ccc(Cl)cc2Cl)cc2cc(Br)ccc21. The van der Waals surface area contributed by atoms with Crippen molar-refractivity contribution in [2.24, 2.45) is 0 Å². The molecule has 3 N–H and O–H groups in total. The van der Waals surface area contributed by atoms with Crippen LogP contribution < -0.4 is 16.1 Å². The molecule has 0 spiro atoms. The first-order chi connectivity index (χ1) is 15.8. The topological polar surface area (TPSA) is 92.2 Å². The van der Waals surface area contributed by atoms with E-state index in [0.717, 1.165) is 36.6 Å². The highest BCUT2D eigenvalue weighted by Gasteiger charge is 2.24. The number of hydrogen-bond acceptors (Lipinski definition) is 3. The molecule has 172 valence electrons. The lowest BCUT2D eigenvalue weighted by Crippen LogP contribution is -2.44. The number of nitrogens with one attached hydrogen (secondary N) is 3. The first-order valence-electron chi connectivity index (χ1n) is 10.5. The smallest absolute Gasteiger partial charge is 0.328 e. The lowest BCUT2D eigenvalue weighted by Gasteiger charge is -2.22. The summed E-state index contributed by atoms with van der Waals surface area (Å²) in [6.45, 7) is 0. The first-order valence-corrected chi connectivity index (χ1v) is 12.1. The van der Waals surface area contributed by atoms with E-state index in [1.807, 2.05) is 6.07 Å². The number of carbonyl (C=O) groups is 3. The van der Waals surface area contributed by atoms with Crippen LogP contribution in [0.2, 0.25) is 10.0 Å². The number of nitrogens with zero attached hydrogens (tertiary/aromatic N) is 1. The summed E-state index contributed by atoms with van der Waals surface area (Å²) >= 11 is 15.5. The standard InChI is InChI=1S/C23H21BrCl2N4O3/c24-14-6-9-19-13(10-14)11-20(21(31)28-18-8-7-15(25)12-17(18)26)30(19)29-23(33)22(32)27-16-4-2-1-3-5-16/h6-12,16H,1-5H2,(H,27,32)(H,28,31)(H,29,33). The molecule has 33 heavy (non-hydrogen) atoms. The second-order valence-electron chi connectivity index (χ2n) is 7.90. The van der Waals surface area contributed by atoms with Gasteiger partial charge in [0.15, 0.2) is 0 Å². The molecule has 1 heterocycles. The van der Waals surface area contributed by atoms with Gasteiger partial charge in [0.25, 0.3) is 5.91 Å². The second kappa shape index (κ2) is 10.2. The van der Waals surface area contributed by atoms with E-state index in [-0.39, 0.29) is 16.8 Å². The molecular weight excluding hydrogens is 531 g/mol. The van der Waals surface area contributed by atoms with Gasteiger partial charge in [0.05, 0.1) is 16.2 Å². The largest absolute Gasteiger partial charge is 0.345 e. The molecule has 2 aromatic carbocycles. The first kappa shape index (κ1) is 23.6. The molecule has 1 aliphatic carbocycles. The Morgan fingerprint density at radius 2 is 1.70 bits per heavy atom. The van der Waals surface area contributed by atoms with Crippen molar-refractivity contribution in [3.63, 3.8) is 0 Å². The summed E-state index contributed by atoms with van der Waals surface area (Å²) < 4.78 is 2.12. The second-order valence-corrected chi connectivity index (χ2v) is 9.66. The van der Waals surface area contributed by atoms with Gasteiger partial charge >= 0.3 is 11.8 Å². The molecule has 4 rings (SSSR count). The number of carbonyl (C=O) groups excluding carboxylic acids is 3. The Balaban J connectivity index is 1.60. The van der Waals surface area contributed by atoms with E-state index in [0.29, 0.717) is 21.6 Å². The number of fused-ring (bicyclic) bond motifs is 1. The molecule has 3 amide bonds. The molecule has 1 aliphatic rings. The van der Waals surface area contributed by atoms with Gasteiger partial charge in [0.2, 0.25) is 0 Å². The fourth-order valence-corrected chi connectivity index (χ4v) is 4.74. The van der Waals surface area contributed by atoms with E-state index in [9.17, 15) is 14.4 Å². The van der Waals surface area contributed by atoms with Crippen LogP contribution in [0.15, 0.2) is 46.9 Å². The van der Waals surface area contributed by atoms with Gasteiger partial charge in [-0.2, -0.15) is 0 Å². The minimum Gasteiger partial charge on any atom is -0.345 e. The maximum Gasteiger partial charge on any atom is 0.328 e. The zero-order valence-electron chi connectivity index (χ0n) is 17.5. The van der Waals surface area contributed by atoms with Crippen LogP contribution in [0.5, 0.6) is 0 Å². The van der Waals surface area contributed by atoms with Crippen molar-refractivity contribution in [2.75, 3.05) is 10.7 Å². The predicted octanol–water partition coefficient (Wildman–Crippen LogP) is 5.48. The van der Waals surface area contributed by atoms with Crippen molar-refractivity contribution < 1.29 is 14.4 Å². The molecule has 0 saturated heterocycles. The van der Waals surface area contributed by atoms with Crippen molar-refractivity contribution in [1.82, 2.24) is 9.99 Å². The minimum atomic E-state index is -0.848. The van der Waals surface area contributed by atoms with E-state index in [1.165, 1.54) is 10.7 Å². The van der Waals surface area contributed by atoms with Crippen LogP contribution in [-0.4, -0.2) is 28.4 Å². The molecule has 7 nitrogen and oxygen atoms in total. The van der Waals surface area contributed by atoms with E-state index >= 15 is 0 Å². The van der Waals surface area contributed by atoms with Crippen LogP contribution in [0.1, 0.15) is 42.6 Å². The Hall–Kier alpha value is -2.55. The molecule has 1 saturated carbocycles. The fourth-order valence-electron chi connectivity index (χ4n) is 3.90. The van der Waals surface area contributed by atoms with Gasteiger partial charge in [-0.25, -0.2) is 4.68 Å². The van der Waals surface area contributed by atoms with Gasteiger partial charge in [0.1, 0.15) is 5.69 Å². The van der Waals surface area contributed by atoms with Gasteiger partial charge in [-0.1, -0.05) is 58.4 Å². The Morgan fingerprint density at radius 3 is 2.42 bits per heavy atom. The zero-order chi connectivity index (χ0) is 23.5. The van der Waals surface area contributed by atoms with Crippen LogP contribution in [0.3, 0.4) is 0 Å². The van der Waals surface area contributed by atoms with Crippen molar-refractivity contribution in [3.8, 4) is 0 Å². The molecule has 1 aromatic heterocycles. The molecule has 0 atom stereocenters. The lowest BCUT2D eigenvalue weighted by atomic mass is 9.95. The summed E-state index contributed by atoms with van der Waals surface area (Å²) in [5.41, 5.74) is 3.63. The lowest BCUT2D eigenvalue weighted by molar-refractivity contribution is -0.137. The summed E-state index contributed by atoms with van der Waals surface area (Å²) in [5.74, 6) is -2.09. The number of benzene rings is 2. The minimum absolute atomic E-state index is 0.0100. The quantitative estimate of drug-likeness (QED) is 0.375. The summed E-state index contributed by atoms with van der Waals surface area (Å²) in [5, 5.41) is 6.92. The molecule has 0 bridgehead atoms. The number of rotatable bonds is 4. The van der Waals surface area contributed by atoms with Crippen LogP contribution in [-0.2, 0) is 9.59 Å². The summed E-state index contributed by atoms with van der Waals surface area (Å²) in [6, 6.07) is 11.7. The van der Waals surface area contributed by atoms with E-state index in [4.69, 9.17) is 23.2 Å². The molecule has 0 unspecified atom stereocenters. The maximum absolute atomic E-state index is 13.1. The zero-order valence-corrected chi connectivity index (χ0v) is 20.6. The Bertz CT molecular complexity index is 1240. The molecular formula is C23H21BrCl2N4O3. The summed E-state index contributed by atoms with van der Waals surface area (Å²) in [7, 11) is 0. The van der Waals surface area contributed by atoms with E-state index in [2.05, 4.69) is 32.0 Å². The van der Waals surface area contributed by atoms with Crippen molar-refractivity contribution in [3.05, 3.63) is 62.7 Å². The van der Waals surface area contributed by atoms with Gasteiger partial charge in [-0.3, -0.25) is 19.8 Å². The van der Waals surface area contributed by atoms with Crippen LogP contribution in [0, 0.1) is 0 Å². The Kier molecular flexibility index (Phi) is 7.26. The molecule has 3 aromatic rings. The van der Waals surface area contributed by atoms with Crippen LogP contribution in [0.4, 0.5) is 5.69 Å². The average molecular weight is 552 g/mol. The van der Waals surface area contributed by atoms with E-state index in [1.54, 1.807) is 30.3 Å². The predicted molar refractivity (Wildman–Crippen MR) is 133 cm³/mol. The molecule has 0 radical (unpaired) electrons. The van der Waals surface area contributed by atoms with Gasteiger partial charge in [0, 0.05) is 20.9 Å². The third-order valence-corrected chi connectivity index (χ3v) is 6.58. The van der Waals surface area contributed by atoms with E-state index < -0.39 is 17.7 Å². The summed E-state index contributed by atoms with van der Waals surface area (Å²) in [4.78, 5) is 38.3. The van der Waals surface area contributed by atoms with Crippen LogP contribution >= 0.6 is 39.1 Å². The van der Waals surface area contributed by atoms with Gasteiger partial charge in [-0.15, -0.1) is 0 Å². The molecule has 1 fully saturated rings. The van der Waals surface area contributed by atoms with Gasteiger partial charge in [-0.05, 0) is 55.3 Å². The van der Waals surface area contributed by atoms with Crippen LogP contribution in [0.25, 0.3) is 10.9 Å². The number of anilines is 1.